The molecule has 0 aliphatic heterocycles. The average molecular weight is 323 g/mol. The lowest BCUT2D eigenvalue weighted by Crippen LogP contribution is -2.07. The molecule has 0 aliphatic rings. The van der Waals surface area contributed by atoms with E-state index >= 15 is 0 Å². The van der Waals surface area contributed by atoms with Gasteiger partial charge < -0.3 is 25.2 Å². The summed E-state index contributed by atoms with van der Waals surface area (Å²) in [4.78, 5) is 12.0. The highest BCUT2D eigenvalue weighted by molar-refractivity contribution is 7.97. The van der Waals surface area contributed by atoms with Crippen molar-refractivity contribution in [2.45, 2.75) is 25.2 Å². The molecule has 0 saturated heterocycles. The van der Waals surface area contributed by atoms with E-state index in [0.717, 1.165) is 17.5 Å². The molecule has 1 aromatic carbocycles. The summed E-state index contributed by atoms with van der Waals surface area (Å²) in [5.41, 5.74) is 0.723. The fourth-order valence-corrected chi connectivity index (χ4v) is 1.94. The third-order valence-corrected chi connectivity index (χ3v) is 2.94. The van der Waals surface area contributed by atoms with Crippen molar-refractivity contribution in [1.82, 2.24) is 0 Å². The molecule has 6 N–H and O–H groups in total. The molecule has 0 heterocycles. The Morgan fingerprint density at radius 2 is 1.71 bits per heavy atom. The minimum absolute atomic E-state index is 0. The van der Waals surface area contributed by atoms with Crippen LogP contribution in [-0.2, 0) is 16.0 Å². The lowest BCUT2D eigenvalue weighted by molar-refractivity contribution is -0.139. The van der Waals surface area contributed by atoms with Crippen LogP contribution in [0.4, 0.5) is 0 Å². The predicted octanol–water partition coefficient (Wildman–Crippen LogP) is 0.762. The van der Waals surface area contributed by atoms with E-state index in [4.69, 9.17) is 14.6 Å². The zero-order chi connectivity index (χ0) is 14.8. The van der Waals surface area contributed by atoms with Gasteiger partial charge in [0.1, 0.15) is 11.5 Å². The fraction of sp³-hybridized carbons (Fsp3) is 0.462. The van der Waals surface area contributed by atoms with E-state index in [1.165, 1.54) is 14.2 Å². The third-order valence-electron chi connectivity index (χ3n) is 2.24. The molecule has 0 saturated carbocycles. The van der Waals surface area contributed by atoms with Crippen molar-refractivity contribution in [3.05, 3.63) is 17.7 Å². The Kier molecular flexibility index (Phi) is 15.8. The Morgan fingerprint density at radius 1 is 1.14 bits per heavy atom. The third kappa shape index (κ3) is 7.19. The number of carbonyl (C=O) groups is 1. The molecular weight excluding hydrogens is 298 g/mol. The van der Waals surface area contributed by atoms with E-state index < -0.39 is 0 Å². The second kappa shape index (κ2) is 13.5. The lowest BCUT2D eigenvalue weighted by Gasteiger charge is -2.13. The largest absolute Gasteiger partial charge is 0.497 e. The maximum atomic E-state index is 11.3. The first-order valence-corrected chi connectivity index (χ1v) is 6.72. The molecule has 0 aromatic heterocycles. The van der Waals surface area contributed by atoms with Gasteiger partial charge in [0.05, 0.1) is 32.6 Å². The van der Waals surface area contributed by atoms with Crippen molar-refractivity contribution in [3.63, 3.8) is 0 Å². The van der Waals surface area contributed by atoms with Gasteiger partial charge in [0.2, 0.25) is 0 Å². The molecule has 0 amide bonds. The van der Waals surface area contributed by atoms with E-state index in [-0.39, 0.29) is 23.3 Å². The molecule has 0 radical (unpaired) electrons. The Bertz CT molecular complexity index is 414. The van der Waals surface area contributed by atoms with Crippen LogP contribution in [0.3, 0.4) is 0 Å². The highest BCUT2D eigenvalue weighted by Crippen LogP contribution is 2.34. The molecule has 21 heavy (non-hydrogen) atoms. The molecule has 0 fully saturated rings. The Balaban J connectivity index is -0.000000774. The number of rotatable bonds is 5. The molecule has 0 spiro atoms. The highest BCUT2D eigenvalue weighted by atomic mass is 32.2. The second-order valence-electron chi connectivity index (χ2n) is 3.19. The molecule has 124 valence electrons. The van der Waals surface area contributed by atoms with Crippen LogP contribution in [0.1, 0.15) is 19.4 Å². The summed E-state index contributed by atoms with van der Waals surface area (Å²) in [6.45, 7) is 4.00. The van der Waals surface area contributed by atoms with Gasteiger partial charge in [-0.3, -0.25) is 9.93 Å². The van der Waals surface area contributed by atoms with Crippen molar-refractivity contribution >= 4 is 17.9 Å². The molecule has 0 atom stereocenters. The minimum Gasteiger partial charge on any atom is -0.497 e. The summed E-state index contributed by atoms with van der Waals surface area (Å²) in [5, 5.41) is 5.58. The van der Waals surface area contributed by atoms with Crippen LogP contribution in [0.25, 0.3) is 0 Å². The van der Waals surface area contributed by atoms with Crippen LogP contribution in [-0.4, -0.2) is 38.3 Å². The van der Waals surface area contributed by atoms with Gasteiger partial charge in [-0.05, 0) is 23.6 Å². The SMILES string of the molecule is CC.COC(=O)Cc1cc(OC)cc(OC)c1SN.O.O. The second-order valence-corrected chi connectivity index (χ2v) is 3.83. The van der Waals surface area contributed by atoms with Crippen molar-refractivity contribution in [2.75, 3.05) is 21.3 Å². The maximum absolute atomic E-state index is 11.3. The van der Waals surface area contributed by atoms with Crippen molar-refractivity contribution < 1.29 is 30.0 Å². The van der Waals surface area contributed by atoms with Gasteiger partial charge in [-0.1, -0.05) is 13.8 Å². The van der Waals surface area contributed by atoms with Gasteiger partial charge in [-0.2, -0.15) is 0 Å². The van der Waals surface area contributed by atoms with E-state index in [2.05, 4.69) is 4.74 Å². The minimum atomic E-state index is -0.337. The number of ether oxygens (including phenoxy) is 3. The number of methoxy groups -OCH3 is 3. The average Bonchev–Trinajstić information content (AvgIpc) is 2.48. The highest BCUT2D eigenvalue weighted by Gasteiger charge is 2.15. The van der Waals surface area contributed by atoms with Crippen molar-refractivity contribution in [2.24, 2.45) is 5.14 Å². The van der Waals surface area contributed by atoms with Crippen LogP contribution in [0.5, 0.6) is 11.5 Å². The molecule has 8 heteroatoms. The number of carbonyl (C=O) groups excluding carboxylic acids is 1. The van der Waals surface area contributed by atoms with Gasteiger partial charge >= 0.3 is 5.97 Å². The summed E-state index contributed by atoms with van der Waals surface area (Å²) < 4.78 is 15.0. The number of hydrogen-bond donors (Lipinski definition) is 1. The topological polar surface area (TPSA) is 134 Å². The standard InChI is InChI=1S/C11H15NO4S.C2H6.2H2O/c1-14-8-4-7(5-10(13)16-3)11(17-12)9(6-8)15-2;1-2;;/h4,6H,5,12H2,1-3H3;1-2H3;2*1H2. The molecular formula is C13H25NO6S. The summed E-state index contributed by atoms with van der Waals surface area (Å²) in [6.07, 6.45) is 0.129. The first-order chi connectivity index (χ1) is 9.15. The van der Waals surface area contributed by atoms with E-state index in [1.54, 1.807) is 19.2 Å². The van der Waals surface area contributed by atoms with Crippen LogP contribution < -0.4 is 14.6 Å². The van der Waals surface area contributed by atoms with Gasteiger partial charge in [0, 0.05) is 6.07 Å². The lowest BCUT2D eigenvalue weighted by atomic mass is 10.1. The van der Waals surface area contributed by atoms with Gasteiger partial charge in [-0.25, -0.2) is 0 Å². The normalized spacial score (nSPS) is 8.29. The zero-order valence-electron chi connectivity index (χ0n) is 13.0. The van der Waals surface area contributed by atoms with E-state index in [9.17, 15) is 4.79 Å². The Morgan fingerprint density at radius 3 is 2.10 bits per heavy atom. The van der Waals surface area contributed by atoms with Crippen LogP contribution in [0.15, 0.2) is 17.0 Å². The van der Waals surface area contributed by atoms with Crippen molar-refractivity contribution in [1.29, 1.82) is 0 Å². The molecule has 1 aromatic rings. The summed E-state index contributed by atoms with van der Waals surface area (Å²) in [7, 11) is 4.43. The van der Waals surface area contributed by atoms with Gasteiger partial charge in [-0.15, -0.1) is 0 Å². The summed E-state index contributed by atoms with van der Waals surface area (Å²) in [5.74, 6) is 0.852. The summed E-state index contributed by atoms with van der Waals surface area (Å²) in [6, 6.07) is 3.46. The fourth-order valence-electron chi connectivity index (χ4n) is 1.39. The monoisotopic (exact) mass is 323 g/mol. The smallest absolute Gasteiger partial charge is 0.310 e. The molecule has 1 rings (SSSR count). The van der Waals surface area contributed by atoms with E-state index in [0.29, 0.717) is 16.4 Å². The predicted molar refractivity (Wildman–Crippen MR) is 83.9 cm³/mol. The van der Waals surface area contributed by atoms with Gasteiger partial charge in [0.25, 0.3) is 0 Å². The zero-order valence-corrected chi connectivity index (χ0v) is 13.8. The van der Waals surface area contributed by atoms with Crippen molar-refractivity contribution in [3.8, 4) is 11.5 Å². The van der Waals surface area contributed by atoms with Crippen LogP contribution >= 0.6 is 11.9 Å². The first kappa shape index (κ1) is 24.5. The number of nitrogens with two attached hydrogens (primary N) is 1. The maximum Gasteiger partial charge on any atom is 0.310 e. The Labute approximate surface area is 129 Å². The van der Waals surface area contributed by atoms with Crippen LogP contribution in [0.2, 0.25) is 0 Å². The Hall–Kier alpha value is -1.48. The van der Waals surface area contributed by atoms with Gasteiger partial charge in [0.15, 0.2) is 0 Å². The first-order valence-electron chi connectivity index (χ1n) is 5.84. The molecule has 7 nitrogen and oxygen atoms in total. The van der Waals surface area contributed by atoms with Crippen LogP contribution in [0, 0.1) is 0 Å². The number of benzene rings is 1. The molecule has 0 aliphatic carbocycles. The van der Waals surface area contributed by atoms with E-state index in [1.807, 2.05) is 13.8 Å². The summed E-state index contributed by atoms with van der Waals surface area (Å²) >= 11 is 1.03. The number of hydrogen-bond acceptors (Lipinski definition) is 6. The quantitative estimate of drug-likeness (QED) is 0.628. The molecule has 0 bridgehead atoms. The number of esters is 1. The molecule has 0 unspecified atom stereocenters.